The van der Waals surface area contributed by atoms with Gasteiger partial charge in [-0.3, -0.25) is 15.2 Å². The second kappa shape index (κ2) is 8.26. The zero-order chi connectivity index (χ0) is 23.0. The number of hydrogen-bond acceptors (Lipinski definition) is 8. The van der Waals surface area contributed by atoms with Crippen LogP contribution in [0.3, 0.4) is 0 Å². The molecule has 10 heteroatoms. The van der Waals surface area contributed by atoms with Crippen molar-refractivity contribution < 1.29 is 14.6 Å². The molecule has 3 rings (SSSR count). The Hall–Kier alpha value is -3.01. The molecule has 1 aliphatic rings. The minimum absolute atomic E-state index is 0. The van der Waals surface area contributed by atoms with Gasteiger partial charge in [0.1, 0.15) is 11.5 Å². The molecule has 0 unspecified atom stereocenters. The third kappa shape index (κ3) is 5.19. The van der Waals surface area contributed by atoms with Crippen LogP contribution < -0.4 is 15.5 Å². The Kier molecular flexibility index (Phi) is 6.04. The lowest BCUT2D eigenvalue weighted by molar-refractivity contribution is 0.0916. The Morgan fingerprint density at radius 1 is 1.23 bits per heavy atom. The number of nitrogens with zero attached hydrogens (tertiary/aromatic N) is 3. The zero-order valence-corrected chi connectivity index (χ0v) is 19.2. The molecule has 0 bridgehead atoms. The molecule has 1 amide bonds. The van der Waals surface area contributed by atoms with Gasteiger partial charge in [-0.1, -0.05) is 0 Å². The summed E-state index contributed by atoms with van der Waals surface area (Å²) in [5.74, 6) is 0.179. The molecule has 2 aromatic heterocycles. The van der Waals surface area contributed by atoms with E-state index in [2.05, 4.69) is 20.6 Å². The van der Waals surface area contributed by atoms with Crippen molar-refractivity contribution in [3.05, 3.63) is 47.4 Å². The molecule has 3 N–H and O–H groups in total. The number of carbonyl (C=O) groups is 1. The van der Waals surface area contributed by atoms with Crippen LogP contribution in [-0.4, -0.2) is 67.2 Å². The highest BCUT2D eigenvalue weighted by Crippen LogP contribution is 2.25. The highest BCUT2D eigenvalue weighted by molar-refractivity contribution is 7.93. The van der Waals surface area contributed by atoms with Gasteiger partial charge in [0.15, 0.2) is 9.84 Å². The summed E-state index contributed by atoms with van der Waals surface area (Å²) in [6, 6.07) is 5.25. The first-order valence-electron chi connectivity index (χ1n) is 9.91. The molecule has 1 aliphatic heterocycles. The zero-order valence-electron chi connectivity index (χ0n) is 18.4. The third-order valence-corrected chi connectivity index (χ3v) is 6.97. The topological polar surface area (TPSA) is 128 Å². The summed E-state index contributed by atoms with van der Waals surface area (Å²) in [5.41, 5.74) is 1.36. The van der Waals surface area contributed by atoms with E-state index in [4.69, 9.17) is 5.41 Å². The van der Waals surface area contributed by atoms with Crippen molar-refractivity contribution >= 4 is 33.0 Å². The lowest BCUT2D eigenvalue weighted by atomic mass is 10.0. The number of amides is 1. The van der Waals surface area contributed by atoms with E-state index in [1.54, 1.807) is 25.3 Å². The summed E-state index contributed by atoms with van der Waals surface area (Å²) >= 11 is 0. The molecule has 3 heterocycles. The van der Waals surface area contributed by atoms with Gasteiger partial charge in [-0.05, 0) is 39.0 Å². The highest BCUT2D eigenvalue weighted by Gasteiger charge is 2.45. The first-order valence-corrected chi connectivity index (χ1v) is 11.7. The predicted molar refractivity (Wildman–Crippen MR) is 124 cm³/mol. The van der Waals surface area contributed by atoms with Gasteiger partial charge in [-0.2, -0.15) is 0 Å². The van der Waals surface area contributed by atoms with Crippen molar-refractivity contribution in [1.29, 1.82) is 5.41 Å². The second-order valence-electron chi connectivity index (χ2n) is 8.64. The van der Waals surface area contributed by atoms with Crippen LogP contribution in [0.25, 0.3) is 0 Å². The van der Waals surface area contributed by atoms with Crippen molar-refractivity contribution in [2.75, 3.05) is 35.8 Å². The van der Waals surface area contributed by atoms with Crippen molar-refractivity contribution in [1.82, 2.24) is 15.3 Å². The van der Waals surface area contributed by atoms with Crippen molar-refractivity contribution in [3.63, 3.8) is 0 Å². The smallest absolute Gasteiger partial charge is 0.253 e. The number of aromatic nitrogens is 2. The average molecular weight is 447 g/mol. The van der Waals surface area contributed by atoms with E-state index in [1.807, 2.05) is 38.9 Å². The van der Waals surface area contributed by atoms with Gasteiger partial charge in [0.2, 0.25) is 0 Å². The van der Waals surface area contributed by atoms with Crippen molar-refractivity contribution in [2.45, 2.75) is 32.4 Å². The van der Waals surface area contributed by atoms with E-state index in [1.165, 1.54) is 6.20 Å². The number of rotatable bonds is 7. The van der Waals surface area contributed by atoms with Crippen molar-refractivity contribution in [2.24, 2.45) is 0 Å². The number of carbonyl (C=O) groups excluding carboxylic acids is 1. The van der Waals surface area contributed by atoms with Crippen molar-refractivity contribution in [3.8, 4) is 0 Å². The van der Waals surface area contributed by atoms with E-state index in [0.29, 0.717) is 22.5 Å². The Bertz CT molecular complexity index is 1120. The van der Waals surface area contributed by atoms with Crippen LogP contribution in [0.5, 0.6) is 0 Å². The molecule has 1 saturated heterocycles. The largest absolute Gasteiger partial charge is 0.381 e. The quantitative estimate of drug-likeness (QED) is 0.555. The normalized spacial score (nSPS) is 16.3. The first kappa shape index (κ1) is 22.7. The molecule has 1 fully saturated rings. The predicted octanol–water partition coefficient (Wildman–Crippen LogP) is 1.94. The molecule has 0 aromatic carbocycles. The maximum Gasteiger partial charge on any atom is 0.253 e. The van der Waals surface area contributed by atoms with E-state index < -0.39 is 21.3 Å². The lowest BCUT2D eigenvalue weighted by Crippen LogP contribution is -2.63. The molecule has 0 atom stereocenters. The lowest BCUT2D eigenvalue weighted by Gasteiger charge is -2.38. The van der Waals surface area contributed by atoms with Crippen LogP contribution in [-0.2, 0) is 9.84 Å². The van der Waals surface area contributed by atoms with Crippen LogP contribution in [0.1, 0.15) is 43.8 Å². The summed E-state index contributed by atoms with van der Waals surface area (Å²) in [7, 11) is 0.673. The highest BCUT2D eigenvalue weighted by atomic mass is 32.2. The SMILES string of the molecule is CC(C)Nc1cc(C(=O)NC2(C)CS(=O)(=O)C2)cnc1C(=N)c1ccnc(N(C)C)c1.[HH]. The van der Waals surface area contributed by atoms with Gasteiger partial charge in [0.25, 0.3) is 5.91 Å². The molecule has 31 heavy (non-hydrogen) atoms. The molecule has 2 aromatic rings. The van der Waals surface area contributed by atoms with Gasteiger partial charge in [0.05, 0.1) is 34.0 Å². The number of nitrogens with one attached hydrogen (secondary N) is 3. The van der Waals surface area contributed by atoms with Crippen LogP contribution >= 0.6 is 0 Å². The van der Waals surface area contributed by atoms with Crippen LogP contribution in [0.2, 0.25) is 0 Å². The standard InChI is InChI=1S/C21H28N6O3S.H2/c1-13(2)25-16-8-15(20(28)26-21(3)11-31(29,30)12-21)10-24-19(16)18(22)14-6-7-23-17(9-14)27(4)5;/h6-10,13,22,25H,11-12H2,1-5H3,(H,26,28);1H. The molecule has 0 saturated carbocycles. The third-order valence-electron chi connectivity index (χ3n) is 4.82. The minimum atomic E-state index is -3.08. The molecular formula is C21H30N6O3S. The van der Waals surface area contributed by atoms with E-state index >= 15 is 0 Å². The fraction of sp³-hybridized carbons (Fsp3) is 0.429. The average Bonchev–Trinajstić information content (AvgIpc) is 2.65. The van der Waals surface area contributed by atoms with Crippen LogP contribution in [0.4, 0.5) is 11.5 Å². The Labute approximate surface area is 184 Å². The van der Waals surface area contributed by atoms with Gasteiger partial charge in [-0.25, -0.2) is 13.4 Å². The number of anilines is 2. The van der Waals surface area contributed by atoms with Crippen LogP contribution in [0.15, 0.2) is 30.6 Å². The van der Waals surface area contributed by atoms with Gasteiger partial charge < -0.3 is 15.5 Å². The molecular weight excluding hydrogens is 416 g/mol. The van der Waals surface area contributed by atoms with Gasteiger partial charge in [0, 0.05) is 39.5 Å². The molecule has 168 valence electrons. The van der Waals surface area contributed by atoms with E-state index in [-0.39, 0.29) is 24.7 Å². The molecule has 0 aliphatic carbocycles. The summed E-state index contributed by atoms with van der Waals surface area (Å²) in [4.78, 5) is 23.3. The first-order chi connectivity index (χ1) is 14.4. The van der Waals surface area contributed by atoms with E-state index in [9.17, 15) is 13.2 Å². The fourth-order valence-electron chi connectivity index (χ4n) is 3.51. The summed E-state index contributed by atoms with van der Waals surface area (Å²) in [6.45, 7) is 5.62. The number of pyridine rings is 2. The maximum absolute atomic E-state index is 12.7. The summed E-state index contributed by atoms with van der Waals surface area (Å²) < 4.78 is 23.0. The maximum atomic E-state index is 12.7. The van der Waals surface area contributed by atoms with Crippen LogP contribution in [0, 0.1) is 5.41 Å². The Balaban J connectivity index is 0.00000363. The Morgan fingerprint density at radius 2 is 1.90 bits per heavy atom. The summed E-state index contributed by atoms with van der Waals surface area (Å²) in [5, 5.41) is 14.7. The number of sulfone groups is 1. The second-order valence-corrected chi connectivity index (χ2v) is 10.7. The monoisotopic (exact) mass is 446 g/mol. The minimum Gasteiger partial charge on any atom is -0.381 e. The molecule has 0 spiro atoms. The van der Waals surface area contributed by atoms with E-state index in [0.717, 1.165) is 5.82 Å². The summed E-state index contributed by atoms with van der Waals surface area (Å²) in [6.07, 6.45) is 3.05. The molecule has 9 nitrogen and oxygen atoms in total. The number of hydrogen-bond donors (Lipinski definition) is 3. The fourth-order valence-corrected chi connectivity index (χ4v) is 5.51. The molecule has 0 radical (unpaired) electrons. The van der Waals surface area contributed by atoms with Gasteiger partial charge in [-0.15, -0.1) is 0 Å². The van der Waals surface area contributed by atoms with Gasteiger partial charge >= 0.3 is 0 Å². The Morgan fingerprint density at radius 3 is 2.48 bits per heavy atom.